The normalized spacial score (nSPS) is 17.9. The summed E-state index contributed by atoms with van der Waals surface area (Å²) in [5.41, 5.74) is 3.43. The van der Waals surface area contributed by atoms with Crippen LogP contribution in [0.4, 0.5) is 5.69 Å². The maximum atomic E-state index is 12.0. The number of amides is 1. The van der Waals surface area contributed by atoms with Crippen LogP contribution in [0.15, 0.2) is 30.5 Å². The first-order valence-electron chi connectivity index (χ1n) is 5.82. The average molecular weight is 242 g/mol. The van der Waals surface area contributed by atoms with Gasteiger partial charge in [0, 0.05) is 24.5 Å². The number of anilines is 1. The van der Waals surface area contributed by atoms with Gasteiger partial charge in [-0.3, -0.25) is 9.48 Å². The van der Waals surface area contributed by atoms with Gasteiger partial charge in [-0.25, -0.2) is 0 Å². The molecule has 2 N–H and O–H groups in total. The fourth-order valence-corrected chi connectivity index (χ4v) is 2.26. The highest BCUT2D eigenvalue weighted by Gasteiger charge is 2.26. The van der Waals surface area contributed by atoms with E-state index in [1.54, 1.807) is 4.68 Å². The Balaban J connectivity index is 1.99. The van der Waals surface area contributed by atoms with Crippen LogP contribution in [0.3, 0.4) is 0 Å². The number of nitrogens with zero attached hydrogens (tertiary/aromatic N) is 2. The third kappa shape index (κ3) is 1.64. The lowest BCUT2D eigenvalue weighted by molar-refractivity contribution is 0.0935. The van der Waals surface area contributed by atoms with Gasteiger partial charge < -0.3 is 10.6 Å². The maximum Gasteiger partial charge on any atom is 0.255 e. The van der Waals surface area contributed by atoms with E-state index in [4.69, 9.17) is 0 Å². The summed E-state index contributed by atoms with van der Waals surface area (Å²) in [5.74, 6) is -0.0578. The van der Waals surface area contributed by atoms with Gasteiger partial charge in [-0.15, -0.1) is 0 Å². The molecule has 1 aromatic heterocycles. The van der Waals surface area contributed by atoms with E-state index in [2.05, 4.69) is 15.7 Å². The zero-order valence-corrected chi connectivity index (χ0v) is 10.3. The van der Waals surface area contributed by atoms with E-state index in [-0.39, 0.29) is 12.1 Å². The molecule has 3 rings (SSSR count). The van der Waals surface area contributed by atoms with Gasteiger partial charge in [0.25, 0.3) is 5.91 Å². The van der Waals surface area contributed by atoms with Crippen LogP contribution >= 0.6 is 0 Å². The summed E-state index contributed by atoms with van der Waals surface area (Å²) < 4.78 is 1.75. The van der Waals surface area contributed by atoms with E-state index in [1.165, 1.54) is 0 Å². The Morgan fingerprint density at radius 3 is 2.78 bits per heavy atom. The molecule has 0 bridgehead atoms. The highest BCUT2D eigenvalue weighted by Crippen LogP contribution is 2.27. The van der Waals surface area contributed by atoms with Crippen molar-refractivity contribution in [2.45, 2.75) is 13.1 Å². The molecule has 0 fully saturated rings. The van der Waals surface area contributed by atoms with Crippen molar-refractivity contribution in [1.29, 1.82) is 0 Å². The van der Waals surface area contributed by atoms with Gasteiger partial charge in [0.1, 0.15) is 6.17 Å². The third-order valence-corrected chi connectivity index (χ3v) is 3.11. The summed E-state index contributed by atoms with van der Waals surface area (Å²) in [7, 11) is 1.87. The number of carbonyl (C=O) groups excluding carboxylic acids is 1. The van der Waals surface area contributed by atoms with Crippen LogP contribution in [0.2, 0.25) is 0 Å². The number of benzene rings is 1. The predicted octanol–water partition coefficient (Wildman–Crippen LogP) is 1.58. The van der Waals surface area contributed by atoms with Crippen LogP contribution in [-0.2, 0) is 7.05 Å². The Hall–Kier alpha value is -2.30. The Morgan fingerprint density at radius 1 is 1.28 bits per heavy atom. The van der Waals surface area contributed by atoms with E-state index in [0.29, 0.717) is 5.56 Å². The average Bonchev–Trinajstić information content (AvgIpc) is 2.68. The molecule has 0 saturated heterocycles. The number of hydrogen-bond donors (Lipinski definition) is 2. The number of aromatic nitrogens is 2. The summed E-state index contributed by atoms with van der Waals surface area (Å²) >= 11 is 0. The van der Waals surface area contributed by atoms with Crippen molar-refractivity contribution in [3.8, 4) is 0 Å². The van der Waals surface area contributed by atoms with E-state index < -0.39 is 0 Å². The van der Waals surface area contributed by atoms with Crippen LogP contribution in [0, 0.1) is 6.92 Å². The van der Waals surface area contributed by atoms with Crippen molar-refractivity contribution in [3.05, 3.63) is 47.3 Å². The van der Waals surface area contributed by atoms with Gasteiger partial charge in [0.05, 0.1) is 11.3 Å². The second-order valence-electron chi connectivity index (χ2n) is 4.44. The van der Waals surface area contributed by atoms with E-state index in [1.807, 2.05) is 44.4 Å². The van der Waals surface area contributed by atoms with Crippen molar-refractivity contribution in [2.75, 3.05) is 5.32 Å². The lowest BCUT2D eigenvalue weighted by atomic mass is 10.1. The smallest absolute Gasteiger partial charge is 0.255 e. The van der Waals surface area contributed by atoms with Crippen molar-refractivity contribution >= 4 is 11.6 Å². The van der Waals surface area contributed by atoms with E-state index >= 15 is 0 Å². The zero-order chi connectivity index (χ0) is 12.7. The van der Waals surface area contributed by atoms with Gasteiger partial charge in [0.2, 0.25) is 0 Å². The minimum absolute atomic E-state index is 0.0578. The number of nitrogens with one attached hydrogen (secondary N) is 2. The SMILES string of the molecule is Cc1nn(C)cc1C1NC(=O)c2ccccc2N1. The van der Waals surface area contributed by atoms with E-state index in [0.717, 1.165) is 16.9 Å². The Morgan fingerprint density at radius 2 is 2.06 bits per heavy atom. The molecule has 2 heterocycles. The number of hydrogen-bond acceptors (Lipinski definition) is 3. The van der Waals surface area contributed by atoms with Crippen molar-refractivity contribution in [3.63, 3.8) is 0 Å². The van der Waals surface area contributed by atoms with E-state index in [9.17, 15) is 4.79 Å². The Kier molecular flexibility index (Phi) is 2.33. The van der Waals surface area contributed by atoms with Crippen molar-refractivity contribution in [2.24, 2.45) is 7.05 Å². The van der Waals surface area contributed by atoms with Crippen molar-refractivity contribution < 1.29 is 4.79 Å². The molecule has 1 aliphatic rings. The molecule has 5 nitrogen and oxygen atoms in total. The molecule has 1 amide bonds. The first-order valence-corrected chi connectivity index (χ1v) is 5.82. The van der Waals surface area contributed by atoms with Gasteiger partial charge in [-0.2, -0.15) is 5.10 Å². The molecule has 1 unspecified atom stereocenters. The molecule has 2 aromatic rings. The number of fused-ring (bicyclic) bond motifs is 1. The molecular formula is C13H14N4O. The van der Waals surface area contributed by atoms with Crippen LogP contribution in [-0.4, -0.2) is 15.7 Å². The molecule has 0 aliphatic carbocycles. The first-order chi connectivity index (χ1) is 8.65. The summed E-state index contributed by atoms with van der Waals surface area (Å²) in [5, 5.41) is 10.5. The number of rotatable bonds is 1. The number of para-hydroxylation sites is 1. The standard InChI is InChI=1S/C13H14N4O/c1-8-10(7-17(2)16-8)12-14-11-6-4-3-5-9(11)13(18)15-12/h3-7,12,14H,1-2H3,(H,15,18). The molecule has 1 aromatic carbocycles. The maximum absolute atomic E-state index is 12.0. The Bertz CT molecular complexity index is 617. The lowest BCUT2D eigenvalue weighted by Gasteiger charge is -2.27. The van der Waals surface area contributed by atoms with Crippen LogP contribution in [0.25, 0.3) is 0 Å². The fraction of sp³-hybridized carbons (Fsp3) is 0.231. The first kappa shape index (κ1) is 10.8. The molecule has 92 valence electrons. The monoisotopic (exact) mass is 242 g/mol. The van der Waals surface area contributed by atoms with Gasteiger partial charge in [-0.05, 0) is 19.1 Å². The van der Waals surface area contributed by atoms with Gasteiger partial charge >= 0.3 is 0 Å². The zero-order valence-electron chi connectivity index (χ0n) is 10.3. The van der Waals surface area contributed by atoms with Gasteiger partial charge in [0.15, 0.2) is 0 Å². The topological polar surface area (TPSA) is 59.0 Å². The highest BCUT2D eigenvalue weighted by atomic mass is 16.2. The largest absolute Gasteiger partial charge is 0.361 e. The predicted molar refractivity (Wildman–Crippen MR) is 68.2 cm³/mol. The molecule has 0 radical (unpaired) electrons. The molecule has 1 aliphatic heterocycles. The summed E-state index contributed by atoms with van der Waals surface area (Å²) in [6, 6.07) is 7.49. The molecule has 1 atom stereocenters. The van der Waals surface area contributed by atoms with Crippen molar-refractivity contribution in [1.82, 2.24) is 15.1 Å². The minimum atomic E-state index is -0.221. The quantitative estimate of drug-likeness (QED) is 0.798. The Labute approximate surface area is 105 Å². The fourth-order valence-electron chi connectivity index (χ4n) is 2.26. The molecule has 5 heteroatoms. The second kappa shape index (κ2) is 3.87. The molecule has 0 spiro atoms. The minimum Gasteiger partial charge on any atom is -0.361 e. The number of aryl methyl sites for hydroxylation is 2. The summed E-state index contributed by atoms with van der Waals surface area (Å²) in [6.07, 6.45) is 1.70. The van der Waals surface area contributed by atoms with Crippen LogP contribution in [0.5, 0.6) is 0 Å². The van der Waals surface area contributed by atoms with Crippen LogP contribution < -0.4 is 10.6 Å². The van der Waals surface area contributed by atoms with Crippen LogP contribution in [0.1, 0.15) is 27.8 Å². The highest BCUT2D eigenvalue weighted by molar-refractivity contribution is 6.01. The van der Waals surface area contributed by atoms with Gasteiger partial charge in [-0.1, -0.05) is 12.1 Å². The second-order valence-corrected chi connectivity index (χ2v) is 4.44. The third-order valence-electron chi connectivity index (χ3n) is 3.11. The number of carbonyl (C=O) groups is 1. The molecular weight excluding hydrogens is 228 g/mol. The summed E-state index contributed by atoms with van der Waals surface area (Å²) in [6.45, 7) is 1.93. The molecule has 18 heavy (non-hydrogen) atoms. The summed E-state index contributed by atoms with van der Waals surface area (Å²) in [4.78, 5) is 12.0. The molecule has 0 saturated carbocycles. The lowest BCUT2D eigenvalue weighted by Crippen LogP contribution is -2.38.